The predicted molar refractivity (Wildman–Crippen MR) is 85.6 cm³/mol. The van der Waals surface area contributed by atoms with Gasteiger partial charge in [-0.05, 0) is 51.8 Å². The van der Waals surface area contributed by atoms with Crippen LogP contribution < -0.4 is 10.6 Å². The number of aromatic nitrogens is 1. The molecule has 1 heterocycles. The zero-order valence-corrected chi connectivity index (χ0v) is 13.1. The Morgan fingerprint density at radius 2 is 2.10 bits per heavy atom. The van der Waals surface area contributed by atoms with Crippen molar-refractivity contribution < 1.29 is 4.79 Å². The number of carbonyl (C=O) groups is 1. The first kappa shape index (κ1) is 15.8. The minimum atomic E-state index is -0.000880. The monoisotopic (exact) mass is 290 g/mol. The first-order chi connectivity index (χ1) is 10.2. The molecule has 0 unspecified atom stereocenters. The summed E-state index contributed by atoms with van der Waals surface area (Å²) < 4.78 is 0. The average molecular weight is 290 g/mol. The normalized spacial score (nSPS) is 14.0. The Bertz CT molecular complexity index is 455. The molecule has 2 N–H and O–H groups in total. The third-order valence-corrected chi connectivity index (χ3v) is 3.72. The molecule has 0 bridgehead atoms. The summed E-state index contributed by atoms with van der Waals surface area (Å²) >= 11 is 0. The molecule has 1 saturated carbocycles. The minimum absolute atomic E-state index is 0.000880. The van der Waals surface area contributed by atoms with Gasteiger partial charge in [0.15, 0.2) is 0 Å². The molecular formula is C16H26N4O. The molecule has 116 valence electrons. The van der Waals surface area contributed by atoms with Gasteiger partial charge in [-0.15, -0.1) is 0 Å². The average Bonchev–Trinajstić information content (AvgIpc) is 3.32. The largest absolute Gasteiger partial charge is 0.385 e. The van der Waals surface area contributed by atoms with E-state index in [-0.39, 0.29) is 5.91 Å². The number of anilines is 1. The number of hydrogen-bond donors (Lipinski definition) is 2. The smallest absolute Gasteiger partial charge is 0.272 e. The van der Waals surface area contributed by atoms with Crippen LogP contribution in [-0.4, -0.2) is 48.0 Å². The van der Waals surface area contributed by atoms with E-state index in [1.165, 1.54) is 12.8 Å². The molecule has 1 fully saturated rings. The van der Waals surface area contributed by atoms with E-state index in [0.29, 0.717) is 18.8 Å². The molecule has 1 aromatic rings. The van der Waals surface area contributed by atoms with Crippen LogP contribution in [0.4, 0.5) is 5.69 Å². The zero-order valence-electron chi connectivity index (χ0n) is 13.1. The van der Waals surface area contributed by atoms with Crippen LogP contribution in [0.1, 0.15) is 43.6 Å². The van der Waals surface area contributed by atoms with Crippen LogP contribution in [0.5, 0.6) is 0 Å². The van der Waals surface area contributed by atoms with E-state index in [4.69, 9.17) is 0 Å². The highest BCUT2D eigenvalue weighted by Gasteiger charge is 2.19. The van der Waals surface area contributed by atoms with Gasteiger partial charge in [0.1, 0.15) is 5.69 Å². The van der Waals surface area contributed by atoms with Crippen molar-refractivity contribution in [3.8, 4) is 0 Å². The molecule has 1 aromatic heterocycles. The topological polar surface area (TPSA) is 57.3 Å². The number of carbonyl (C=O) groups excluding carboxylic acids is 1. The predicted octanol–water partition coefficient (Wildman–Crippen LogP) is 2.12. The van der Waals surface area contributed by atoms with Gasteiger partial charge < -0.3 is 15.5 Å². The van der Waals surface area contributed by atoms with Gasteiger partial charge in [-0.25, -0.2) is 0 Å². The van der Waals surface area contributed by atoms with Crippen molar-refractivity contribution in [3.05, 3.63) is 24.0 Å². The van der Waals surface area contributed by atoms with Crippen LogP contribution in [0.2, 0.25) is 0 Å². The van der Waals surface area contributed by atoms with E-state index in [1.54, 1.807) is 11.1 Å². The van der Waals surface area contributed by atoms with Crippen molar-refractivity contribution in [2.24, 2.45) is 0 Å². The molecular weight excluding hydrogens is 264 g/mol. The Morgan fingerprint density at radius 3 is 2.76 bits per heavy atom. The van der Waals surface area contributed by atoms with E-state index in [9.17, 15) is 4.79 Å². The van der Waals surface area contributed by atoms with Crippen molar-refractivity contribution in [1.29, 1.82) is 0 Å². The third-order valence-electron chi connectivity index (χ3n) is 3.72. The van der Waals surface area contributed by atoms with Crippen LogP contribution in [0.25, 0.3) is 0 Å². The highest BCUT2D eigenvalue weighted by atomic mass is 16.2. The maximum absolute atomic E-state index is 12.2. The summed E-state index contributed by atoms with van der Waals surface area (Å²) in [7, 11) is 0. The van der Waals surface area contributed by atoms with Gasteiger partial charge in [0.25, 0.3) is 5.91 Å². The lowest BCUT2D eigenvalue weighted by molar-refractivity contribution is 0.0767. The summed E-state index contributed by atoms with van der Waals surface area (Å²) in [5.74, 6) is -0.000880. The summed E-state index contributed by atoms with van der Waals surface area (Å²) in [6.07, 6.45) is 5.43. The summed E-state index contributed by atoms with van der Waals surface area (Å²) in [4.78, 5) is 18.2. The van der Waals surface area contributed by atoms with E-state index in [2.05, 4.69) is 15.6 Å². The summed E-state index contributed by atoms with van der Waals surface area (Å²) in [6, 6.07) is 4.52. The summed E-state index contributed by atoms with van der Waals surface area (Å²) in [5.41, 5.74) is 1.48. The first-order valence-electron chi connectivity index (χ1n) is 7.97. The maximum Gasteiger partial charge on any atom is 0.272 e. The first-order valence-corrected chi connectivity index (χ1v) is 7.97. The zero-order chi connectivity index (χ0) is 15.1. The van der Waals surface area contributed by atoms with E-state index < -0.39 is 0 Å². The highest BCUT2D eigenvalue weighted by Crippen LogP contribution is 2.18. The number of amides is 1. The van der Waals surface area contributed by atoms with Crippen LogP contribution >= 0.6 is 0 Å². The number of pyridine rings is 1. The Hall–Kier alpha value is -1.62. The summed E-state index contributed by atoms with van der Waals surface area (Å²) in [6.45, 7) is 7.34. The van der Waals surface area contributed by atoms with Crippen LogP contribution in [0.15, 0.2) is 18.3 Å². The quantitative estimate of drug-likeness (QED) is 0.684. The van der Waals surface area contributed by atoms with Gasteiger partial charge in [-0.2, -0.15) is 0 Å². The summed E-state index contributed by atoms with van der Waals surface area (Å²) in [5, 5.41) is 6.85. The van der Waals surface area contributed by atoms with Crippen LogP contribution in [0, 0.1) is 0 Å². The van der Waals surface area contributed by atoms with Gasteiger partial charge in [-0.3, -0.25) is 9.78 Å². The minimum Gasteiger partial charge on any atom is -0.385 e. The number of nitrogens with one attached hydrogen (secondary N) is 2. The number of hydrogen-bond acceptors (Lipinski definition) is 4. The highest BCUT2D eigenvalue weighted by molar-refractivity contribution is 5.93. The van der Waals surface area contributed by atoms with E-state index >= 15 is 0 Å². The van der Waals surface area contributed by atoms with Crippen molar-refractivity contribution in [3.63, 3.8) is 0 Å². The van der Waals surface area contributed by atoms with E-state index in [1.807, 2.05) is 26.0 Å². The molecule has 1 aliphatic carbocycles. The third kappa shape index (κ3) is 5.01. The SMILES string of the molecule is CCN(CC)C(=O)c1cc(NCCCNC2CC2)ccn1. The van der Waals surface area contributed by atoms with Gasteiger partial charge in [0.2, 0.25) is 0 Å². The molecule has 5 heteroatoms. The lowest BCUT2D eigenvalue weighted by Gasteiger charge is -2.18. The fourth-order valence-electron chi connectivity index (χ4n) is 2.25. The van der Waals surface area contributed by atoms with Gasteiger partial charge in [-0.1, -0.05) is 0 Å². The van der Waals surface area contributed by atoms with E-state index in [0.717, 1.165) is 31.2 Å². The fraction of sp³-hybridized carbons (Fsp3) is 0.625. The number of nitrogens with zero attached hydrogens (tertiary/aromatic N) is 2. The lowest BCUT2D eigenvalue weighted by Crippen LogP contribution is -2.31. The molecule has 0 spiro atoms. The second-order valence-electron chi connectivity index (χ2n) is 5.42. The molecule has 0 radical (unpaired) electrons. The fourth-order valence-corrected chi connectivity index (χ4v) is 2.25. The van der Waals surface area contributed by atoms with Gasteiger partial charge in [0.05, 0.1) is 0 Å². The van der Waals surface area contributed by atoms with Crippen LogP contribution in [-0.2, 0) is 0 Å². The Kier molecular flexibility index (Phi) is 5.99. The molecule has 2 rings (SSSR count). The van der Waals surface area contributed by atoms with Crippen LogP contribution in [0.3, 0.4) is 0 Å². The Morgan fingerprint density at radius 1 is 1.33 bits per heavy atom. The second kappa shape index (κ2) is 7.98. The molecule has 5 nitrogen and oxygen atoms in total. The van der Waals surface area contributed by atoms with Crippen molar-refractivity contribution in [2.75, 3.05) is 31.5 Å². The second-order valence-corrected chi connectivity index (χ2v) is 5.42. The maximum atomic E-state index is 12.2. The number of rotatable bonds is 9. The standard InChI is InChI=1S/C16H26N4O/c1-3-20(4-2)16(21)15-12-14(8-11-19-15)18-10-5-9-17-13-6-7-13/h8,11-13,17H,3-7,9-10H2,1-2H3,(H,18,19). The Balaban J connectivity index is 1.80. The van der Waals surface area contributed by atoms with Gasteiger partial charge in [0, 0.05) is 37.6 Å². The molecule has 0 saturated heterocycles. The van der Waals surface area contributed by atoms with Crippen molar-refractivity contribution >= 4 is 11.6 Å². The molecule has 1 aliphatic rings. The Labute approximate surface area is 127 Å². The molecule has 1 amide bonds. The molecule has 0 aliphatic heterocycles. The lowest BCUT2D eigenvalue weighted by atomic mass is 10.2. The van der Waals surface area contributed by atoms with Gasteiger partial charge >= 0.3 is 0 Å². The molecule has 0 atom stereocenters. The van der Waals surface area contributed by atoms with Crippen molar-refractivity contribution in [1.82, 2.24) is 15.2 Å². The molecule has 0 aromatic carbocycles. The molecule has 21 heavy (non-hydrogen) atoms. The van der Waals surface area contributed by atoms with Crippen molar-refractivity contribution in [2.45, 2.75) is 39.2 Å².